The van der Waals surface area contributed by atoms with Gasteiger partial charge >= 0.3 is 0 Å². The molecule has 2 aromatic rings. The van der Waals surface area contributed by atoms with Crippen molar-refractivity contribution < 1.29 is 4.74 Å². The lowest BCUT2D eigenvalue weighted by Gasteiger charge is -2.11. The molecule has 100 valence electrons. The molecule has 0 aliphatic carbocycles. The van der Waals surface area contributed by atoms with Gasteiger partial charge in [-0.05, 0) is 61.7 Å². The van der Waals surface area contributed by atoms with E-state index in [1.54, 1.807) is 0 Å². The molecule has 0 aromatic heterocycles. The van der Waals surface area contributed by atoms with Crippen molar-refractivity contribution >= 4 is 15.9 Å². The molecular formula is C16H18BrNO. The lowest BCUT2D eigenvalue weighted by atomic mass is 10.0. The molecule has 0 radical (unpaired) electrons. The van der Waals surface area contributed by atoms with Crippen LogP contribution in [0.2, 0.25) is 0 Å². The van der Waals surface area contributed by atoms with Gasteiger partial charge in [0.15, 0.2) is 0 Å². The Morgan fingerprint density at radius 3 is 2.42 bits per heavy atom. The summed E-state index contributed by atoms with van der Waals surface area (Å²) in [5.41, 5.74) is 8.19. The Bertz CT molecular complexity index is 549. The third-order valence-corrected chi connectivity index (χ3v) is 3.37. The van der Waals surface area contributed by atoms with E-state index >= 15 is 0 Å². The Labute approximate surface area is 122 Å². The zero-order valence-electron chi connectivity index (χ0n) is 11.2. The van der Waals surface area contributed by atoms with Gasteiger partial charge in [0.1, 0.15) is 11.5 Å². The number of hydrogen-bond acceptors (Lipinski definition) is 2. The van der Waals surface area contributed by atoms with Crippen LogP contribution >= 0.6 is 15.9 Å². The van der Waals surface area contributed by atoms with Gasteiger partial charge in [0.05, 0.1) is 0 Å². The van der Waals surface area contributed by atoms with Gasteiger partial charge in [-0.2, -0.15) is 0 Å². The van der Waals surface area contributed by atoms with Gasteiger partial charge in [0, 0.05) is 10.5 Å². The van der Waals surface area contributed by atoms with Crippen LogP contribution in [0.5, 0.6) is 11.5 Å². The first-order valence-electron chi connectivity index (χ1n) is 6.33. The number of hydrogen-bond donors (Lipinski definition) is 1. The lowest BCUT2D eigenvalue weighted by molar-refractivity contribution is 0.478. The monoisotopic (exact) mass is 319 g/mol. The second-order valence-corrected chi connectivity index (χ2v) is 5.75. The van der Waals surface area contributed by atoms with Gasteiger partial charge in [-0.25, -0.2) is 0 Å². The summed E-state index contributed by atoms with van der Waals surface area (Å²) in [6.07, 6.45) is 0.888. The van der Waals surface area contributed by atoms with Gasteiger partial charge in [0.25, 0.3) is 0 Å². The smallest absolute Gasteiger partial charge is 0.130 e. The van der Waals surface area contributed by atoms with Crippen LogP contribution in [0.4, 0.5) is 0 Å². The van der Waals surface area contributed by atoms with Crippen molar-refractivity contribution in [2.75, 3.05) is 0 Å². The van der Waals surface area contributed by atoms with Crippen molar-refractivity contribution in [1.82, 2.24) is 0 Å². The first-order chi connectivity index (χ1) is 9.04. The molecule has 0 aliphatic heterocycles. The molecule has 1 unspecified atom stereocenters. The number of aryl methyl sites for hydroxylation is 1. The number of nitrogens with two attached hydrogens (primary N) is 1. The number of ether oxygens (including phenoxy) is 1. The maximum absolute atomic E-state index is 5.87. The van der Waals surface area contributed by atoms with E-state index in [1.807, 2.05) is 37.3 Å². The van der Waals surface area contributed by atoms with E-state index in [9.17, 15) is 0 Å². The summed E-state index contributed by atoms with van der Waals surface area (Å²) >= 11 is 3.41. The minimum Gasteiger partial charge on any atom is -0.457 e. The zero-order chi connectivity index (χ0) is 13.8. The van der Waals surface area contributed by atoms with Crippen molar-refractivity contribution in [2.24, 2.45) is 5.73 Å². The van der Waals surface area contributed by atoms with Crippen LogP contribution in [0.25, 0.3) is 0 Å². The van der Waals surface area contributed by atoms with Crippen LogP contribution < -0.4 is 10.5 Å². The third kappa shape index (κ3) is 4.08. The van der Waals surface area contributed by atoms with Crippen LogP contribution in [-0.4, -0.2) is 6.04 Å². The zero-order valence-corrected chi connectivity index (χ0v) is 12.8. The highest BCUT2D eigenvalue weighted by Gasteiger charge is 2.04. The molecule has 1 atom stereocenters. The first-order valence-corrected chi connectivity index (χ1v) is 7.12. The van der Waals surface area contributed by atoms with Gasteiger partial charge in [-0.15, -0.1) is 0 Å². The molecule has 0 saturated heterocycles. The highest BCUT2D eigenvalue weighted by Crippen LogP contribution is 2.27. The molecule has 0 saturated carbocycles. The fourth-order valence-electron chi connectivity index (χ4n) is 1.95. The SMILES string of the molecule is Cc1cc(CC(C)N)ccc1Oc1ccc(Br)cc1. The Kier molecular flexibility index (Phi) is 4.61. The van der Waals surface area contributed by atoms with Crippen LogP contribution in [0.15, 0.2) is 46.9 Å². The minimum atomic E-state index is 0.178. The fraction of sp³-hybridized carbons (Fsp3) is 0.250. The molecule has 0 heterocycles. The molecule has 0 bridgehead atoms. The van der Waals surface area contributed by atoms with Crippen LogP contribution in [-0.2, 0) is 6.42 Å². The van der Waals surface area contributed by atoms with Gasteiger partial charge in [-0.3, -0.25) is 0 Å². The van der Waals surface area contributed by atoms with Crippen molar-refractivity contribution in [3.63, 3.8) is 0 Å². The molecule has 2 rings (SSSR count). The van der Waals surface area contributed by atoms with Crippen molar-refractivity contribution in [1.29, 1.82) is 0 Å². The predicted octanol–water partition coefficient (Wildman–Crippen LogP) is 4.44. The summed E-state index contributed by atoms with van der Waals surface area (Å²) < 4.78 is 6.92. The Morgan fingerprint density at radius 1 is 1.16 bits per heavy atom. The summed E-state index contributed by atoms with van der Waals surface area (Å²) in [4.78, 5) is 0. The predicted molar refractivity (Wildman–Crippen MR) is 82.7 cm³/mol. The maximum atomic E-state index is 5.87. The largest absolute Gasteiger partial charge is 0.457 e. The highest BCUT2D eigenvalue weighted by molar-refractivity contribution is 9.10. The number of rotatable bonds is 4. The van der Waals surface area contributed by atoms with Crippen LogP contribution in [0.3, 0.4) is 0 Å². The fourth-order valence-corrected chi connectivity index (χ4v) is 2.22. The summed E-state index contributed by atoms with van der Waals surface area (Å²) in [6, 6.07) is 14.2. The molecule has 2 aromatic carbocycles. The summed E-state index contributed by atoms with van der Waals surface area (Å²) in [5, 5.41) is 0. The van der Waals surface area contributed by atoms with Crippen LogP contribution in [0.1, 0.15) is 18.1 Å². The average Bonchev–Trinajstić information content (AvgIpc) is 2.34. The topological polar surface area (TPSA) is 35.2 Å². The third-order valence-electron chi connectivity index (χ3n) is 2.84. The summed E-state index contributed by atoms with van der Waals surface area (Å²) in [6.45, 7) is 4.07. The van der Waals surface area contributed by atoms with Crippen molar-refractivity contribution in [2.45, 2.75) is 26.3 Å². The molecule has 19 heavy (non-hydrogen) atoms. The van der Waals surface area contributed by atoms with E-state index in [1.165, 1.54) is 5.56 Å². The second kappa shape index (κ2) is 6.22. The lowest BCUT2D eigenvalue weighted by Crippen LogP contribution is -2.17. The quantitative estimate of drug-likeness (QED) is 0.904. The number of halogens is 1. The minimum absolute atomic E-state index is 0.178. The van der Waals surface area contributed by atoms with Crippen molar-refractivity contribution in [3.8, 4) is 11.5 Å². The van der Waals surface area contributed by atoms with E-state index in [4.69, 9.17) is 10.5 Å². The molecule has 0 aliphatic rings. The normalized spacial score (nSPS) is 12.2. The molecule has 0 spiro atoms. The van der Waals surface area contributed by atoms with E-state index in [0.717, 1.165) is 28.0 Å². The molecule has 2 N–H and O–H groups in total. The van der Waals surface area contributed by atoms with E-state index in [0.29, 0.717) is 0 Å². The first kappa shape index (κ1) is 14.1. The van der Waals surface area contributed by atoms with Gasteiger partial charge < -0.3 is 10.5 Å². The number of benzene rings is 2. The molecule has 0 fully saturated rings. The van der Waals surface area contributed by atoms with Gasteiger partial charge in [-0.1, -0.05) is 28.1 Å². The maximum Gasteiger partial charge on any atom is 0.130 e. The molecule has 3 heteroatoms. The summed E-state index contributed by atoms with van der Waals surface area (Å²) in [7, 11) is 0. The highest BCUT2D eigenvalue weighted by atomic mass is 79.9. The molecular weight excluding hydrogens is 302 g/mol. The Morgan fingerprint density at radius 2 is 1.84 bits per heavy atom. The van der Waals surface area contributed by atoms with E-state index in [2.05, 4.69) is 35.0 Å². The van der Waals surface area contributed by atoms with Gasteiger partial charge in [0.2, 0.25) is 0 Å². The molecule has 0 amide bonds. The summed E-state index contributed by atoms with van der Waals surface area (Å²) in [5.74, 6) is 1.72. The van der Waals surface area contributed by atoms with Crippen molar-refractivity contribution in [3.05, 3.63) is 58.1 Å². The Balaban J connectivity index is 2.15. The average molecular weight is 320 g/mol. The Hall–Kier alpha value is -1.32. The molecule has 2 nitrogen and oxygen atoms in total. The second-order valence-electron chi connectivity index (χ2n) is 4.84. The van der Waals surface area contributed by atoms with Crippen LogP contribution in [0, 0.1) is 6.92 Å². The van der Waals surface area contributed by atoms with E-state index in [-0.39, 0.29) is 6.04 Å². The van der Waals surface area contributed by atoms with E-state index < -0.39 is 0 Å². The standard InChI is InChI=1S/C16H18BrNO/c1-11-9-13(10-12(2)18)3-8-16(11)19-15-6-4-14(17)5-7-15/h3-9,12H,10,18H2,1-2H3.